The Hall–Kier alpha value is -1.000. The largest absolute Gasteiger partial charge is 1.00 e. The molecule has 3 aromatic rings. The van der Waals surface area contributed by atoms with Gasteiger partial charge in [0.25, 0.3) is 10.1 Å². The number of hydrogen-bond donors (Lipinski definition) is 1. The molecule has 24 heavy (non-hydrogen) atoms. The van der Waals surface area contributed by atoms with E-state index in [1.165, 1.54) is 6.07 Å². The fourth-order valence-corrected chi connectivity index (χ4v) is 5.34. The Morgan fingerprint density at radius 1 is 0.708 bits per heavy atom. The van der Waals surface area contributed by atoms with E-state index < -0.39 is 18.0 Å². The van der Waals surface area contributed by atoms with Gasteiger partial charge in [0.05, 0.1) is 4.90 Å². The van der Waals surface area contributed by atoms with Gasteiger partial charge >= 0.3 is 29.6 Å². The summed E-state index contributed by atoms with van der Waals surface area (Å²) in [6, 6.07) is 26.5. The van der Waals surface area contributed by atoms with Crippen molar-refractivity contribution in [1.82, 2.24) is 0 Å². The Morgan fingerprint density at radius 3 is 1.62 bits per heavy atom. The second-order valence-corrected chi connectivity index (χ2v) is 8.62. The normalized spacial score (nSPS) is 11.1. The molecule has 3 aromatic carbocycles. The Kier molecular flexibility index (Phi) is 6.76. The van der Waals surface area contributed by atoms with Crippen LogP contribution in [0.2, 0.25) is 0 Å². The quantitative estimate of drug-likeness (QED) is 0.396. The van der Waals surface area contributed by atoms with Crippen molar-refractivity contribution < 1.29 is 44.0 Å². The summed E-state index contributed by atoms with van der Waals surface area (Å²) >= 11 is 0. The zero-order valence-corrected chi connectivity index (χ0v) is 16.9. The molecule has 0 aliphatic rings. The minimum atomic E-state index is -4.21. The molecule has 0 amide bonds. The number of hydrogen-bond acceptors (Lipinski definition) is 2. The molecule has 0 saturated carbocycles. The van der Waals surface area contributed by atoms with Crippen LogP contribution in [0.5, 0.6) is 0 Å². The summed E-state index contributed by atoms with van der Waals surface area (Å²) in [5, 5.41) is 3.13. The maximum absolute atomic E-state index is 11.4. The molecule has 0 unspecified atom stereocenters. The van der Waals surface area contributed by atoms with E-state index in [4.69, 9.17) is 0 Å². The summed E-state index contributed by atoms with van der Waals surface area (Å²) in [5.41, 5.74) is 0. The van der Waals surface area contributed by atoms with E-state index in [0.717, 1.165) is 15.9 Å². The molecule has 3 nitrogen and oxygen atoms in total. The van der Waals surface area contributed by atoms with E-state index in [9.17, 15) is 13.0 Å². The van der Waals surface area contributed by atoms with Crippen molar-refractivity contribution in [3.8, 4) is 0 Å². The van der Waals surface area contributed by atoms with Crippen molar-refractivity contribution in [2.24, 2.45) is 0 Å². The van der Waals surface area contributed by atoms with Gasteiger partial charge in [0.2, 0.25) is 0 Å². The van der Waals surface area contributed by atoms with E-state index in [1.54, 1.807) is 12.1 Å². The van der Waals surface area contributed by atoms with Gasteiger partial charge in [-0.05, 0) is 36.0 Å². The van der Waals surface area contributed by atoms with E-state index in [2.05, 4.69) is 0 Å². The Morgan fingerprint density at radius 2 is 1.17 bits per heavy atom. The van der Waals surface area contributed by atoms with Gasteiger partial charge in [0, 0.05) is 0 Å². The maximum Gasteiger partial charge on any atom is 1.00 e. The van der Waals surface area contributed by atoms with Crippen LogP contribution in [0.15, 0.2) is 89.8 Å². The summed E-state index contributed by atoms with van der Waals surface area (Å²) in [6.07, 6.45) is 0. The molecule has 0 bridgehead atoms. The van der Waals surface area contributed by atoms with E-state index in [1.807, 2.05) is 66.7 Å². The Bertz CT molecular complexity index is 866. The van der Waals surface area contributed by atoms with Crippen LogP contribution >= 0.6 is 7.92 Å². The molecule has 0 spiro atoms. The van der Waals surface area contributed by atoms with Crippen LogP contribution in [0, 0.1) is 0 Å². The molecular formula is C18H16NaO3PS. The molecule has 0 aliphatic carbocycles. The van der Waals surface area contributed by atoms with Crippen molar-refractivity contribution in [2.45, 2.75) is 4.90 Å². The topological polar surface area (TPSA) is 54.4 Å². The second kappa shape index (κ2) is 8.39. The van der Waals surface area contributed by atoms with E-state index >= 15 is 0 Å². The van der Waals surface area contributed by atoms with Crippen molar-refractivity contribution >= 4 is 34.0 Å². The zero-order valence-electron chi connectivity index (χ0n) is 14.2. The van der Waals surface area contributed by atoms with Gasteiger partial charge in [-0.15, -0.1) is 0 Å². The second-order valence-electron chi connectivity index (χ2n) is 4.98. The Labute approximate surface area is 167 Å². The third kappa shape index (κ3) is 4.54. The summed E-state index contributed by atoms with van der Waals surface area (Å²) in [4.78, 5) is -0.0747. The van der Waals surface area contributed by atoms with E-state index in [0.29, 0.717) is 0 Å². The molecule has 6 heteroatoms. The van der Waals surface area contributed by atoms with Crippen molar-refractivity contribution in [1.29, 1.82) is 0 Å². The molecule has 0 saturated heterocycles. The smallest absolute Gasteiger partial charge is 1.00 e. The number of rotatable bonds is 4. The van der Waals surface area contributed by atoms with Gasteiger partial charge in [-0.2, -0.15) is 8.42 Å². The molecule has 0 radical (unpaired) electrons. The third-order valence-electron chi connectivity index (χ3n) is 3.40. The van der Waals surface area contributed by atoms with Gasteiger partial charge in [-0.3, -0.25) is 4.55 Å². The summed E-state index contributed by atoms with van der Waals surface area (Å²) < 4.78 is 32.2. The molecule has 3 rings (SSSR count). The minimum absolute atomic E-state index is 0. The summed E-state index contributed by atoms with van der Waals surface area (Å²) in [7, 11) is -5.10. The molecular weight excluding hydrogens is 350 g/mol. The fourth-order valence-electron chi connectivity index (χ4n) is 2.38. The zero-order chi connectivity index (χ0) is 16.3. The molecule has 0 fully saturated rings. The minimum Gasteiger partial charge on any atom is -1.00 e. The maximum atomic E-state index is 11.4. The fraction of sp³-hybridized carbons (Fsp3) is 0. The van der Waals surface area contributed by atoms with Crippen LogP contribution in [-0.4, -0.2) is 13.0 Å². The van der Waals surface area contributed by atoms with Crippen LogP contribution in [0.1, 0.15) is 1.43 Å². The standard InChI is InChI=1S/C18H15O3PS.Na.H/c19-23(20,21)18-13-7-12-17(14-18)22(15-8-3-1-4-9-15)16-10-5-2-6-11-16;;/h1-14H,(H,19,20,21);;/q;+1;-1. The third-order valence-corrected chi connectivity index (χ3v) is 6.68. The molecule has 0 heterocycles. The van der Waals surface area contributed by atoms with Crippen LogP contribution in [0.4, 0.5) is 0 Å². The van der Waals surface area contributed by atoms with Gasteiger partial charge in [0.15, 0.2) is 0 Å². The predicted octanol–water partition coefficient (Wildman–Crippen LogP) is -0.192. The first-order chi connectivity index (χ1) is 11.1. The first kappa shape index (κ1) is 19.3. The van der Waals surface area contributed by atoms with E-state index in [-0.39, 0.29) is 35.9 Å². The Balaban J connectivity index is 0.00000156. The van der Waals surface area contributed by atoms with Gasteiger partial charge in [-0.1, -0.05) is 72.8 Å². The van der Waals surface area contributed by atoms with Gasteiger partial charge < -0.3 is 1.43 Å². The average Bonchev–Trinajstić information content (AvgIpc) is 2.57. The SMILES string of the molecule is O=S(=O)(O)c1cccc(P(c2ccccc2)c2ccccc2)c1.[H-].[Na+]. The predicted molar refractivity (Wildman–Crippen MR) is 96.1 cm³/mol. The van der Waals surface area contributed by atoms with Crippen LogP contribution < -0.4 is 45.5 Å². The first-order valence-electron chi connectivity index (χ1n) is 7.03. The summed E-state index contributed by atoms with van der Waals surface area (Å²) in [5.74, 6) is 0. The monoisotopic (exact) mass is 366 g/mol. The van der Waals surface area contributed by atoms with Crippen LogP contribution in [-0.2, 0) is 10.1 Å². The van der Waals surface area contributed by atoms with Crippen molar-refractivity contribution in [3.63, 3.8) is 0 Å². The first-order valence-corrected chi connectivity index (χ1v) is 9.82. The molecule has 118 valence electrons. The van der Waals surface area contributed by atoms with Crippen molar-refractivity contribution in [2.75, 3.05) is 0 Å². The average molecular weight is 366 g/mol. The number of benzene rings is 3. The summed E-state index contributed by atoms with van der Waals surface area (Å²) in [6.45, 7) is 0. The molecule has 0 aromatic heterocycles. The van der Waals surface area contributed by atoms with Crippen LogP contribution in [0.25, 0.3) is 0 Å². The molecule has 1 N–H and O–H groups in total. The molecule has 0 aliphatic heterocycles. The van der Waals surface area contributed by atoms with Crippen LogP contribution in [0.3, 0.4) is 0 Å². The van der Waals surface area contributed by atoms with Gasteiger partial charge in [-0.25, -0.2) is 0 Å². The van der Waals surface area contributed by atoms with Crippen molar-refractivity contribution in [3.05, 3.63) is 84.9 Å². The van der Waals surface area contributed by atoms with Gasteiger partial charge in [0.1, 0.15) is 0 Å². The molecule has 0 atom stereocenters.